The number of hydrogen-bond acceptors (Lipinski definition) is 4. The van der Waals surface area contributed by atoms with Crippen molar-refractivity contribution in [2.24, 2.45) is 0 Å². The number of aromatic nitrogens is 1. The lowest BCUT2D eigenvalue weighted by atomic mass is 10.1. The molecule has 6 nitrogen and oxygen atoms in total. The Bertz CT molecular complexity index is 794. The summed E-state index contributed by atoms with van der Waals surface area (Å²) >= 11 is 0. The molecule has 1 fully saturated rings. The highest BCUT2D eigenvalue weighted by molar-refractivity contribution is 5.88. The third kappa shape index (κ3) is 4.45. The Hall–Kier alpha value is -2.89. The maximum Gasteiger partial charge on any atom is 0.245 e. The standard InChI is InChI=1S/C21H25N3O3/c1-16(24-13-5-8-20(24)25)21(26)23(14-17-9-11-22-12-10-17)15-18-6-3-4-7-19(18)27-2/h3-4,6-7,9-12,16H,5,8,13-15H2,1-2H3/t16-/m0/s1. The fourth-order valence-electron chi connectivity index (χ4n) is 3.44. The normalized spacial score (nSPS) is 14.9. The molecule has 6 heteroatoms. The van der Waals surface area contributed by atoms with Crippen LogP contribution in [-0.2, 0) is 22.7 Å². The van der Waals surface area contributed by atoms with Gasteiger partial charge in [-0.15, -0.1) is 0 Å². The maximum atomic E-state index is 13.3. The molecule has 0 saturated carbocycles. The molecule has 1 aliphatic heterocycles. The van der Waals surface area contributed by atoms with E-state index in [1.54, 1.807) is 29.3 Å². The van der Waals surface area contributed by atoms with Crippen LogP contribution in [0, 0.1) is 0 Å². The summed E-state index contributed by atoms with van der Waals surface area (Å²) in [6.07, 6.45) is 4.77. The van der Waals surface area contributed by atoms with Crippen LogP contribution in [0.25, 0.3) is 0 Å². The molecule has 1 atom stereocenters. The lowest BCUT2D eigenvalue weighted by Gasteiger charge is -2.31. The summed E-state index contributed by atoms with van der Waals surface area (Å²) in [7, 11) is 1.62. The number of nitrogens with zero attached hydrogens (tertiary/aromatic N) is 3. The van der Waals surface area contributed by atoms with E-state index < -0.39 is 6.04 Å². The van der Waals surface area contributed by atoms with Crippen LogP contribution in [0.3, 0.4) is 0 Å². The van der Waals surface area contributed by atoms with Gasteiger partial charge in [0.2, 0.25) is 11.8 Å². The molecule has 0 spiro atoms. The van der Waals surface area contributed by atoms with Gasteiger partial charge in [-0.3, -0.25) is 14.6 Å². The number of hydrogen-bond donors (Lipinski definition) is 0. The van der Waals surface area contributed by atoms with E-state index in [1.807, 2.05) is 43.3 Å². The molecule has 0 N–H and O–H groups in total. The first-order valence-electron chi connectivity index (χ1n) is 9.19. The molecule has 0 unspecified atom stereocenters. The van der Waals surface area contributed by atoms with Gasteiger partial charge in [-0.2, -0.15) is 0 Å². The highest BCUT2D eigenvalue weighted by Crippen LogP contribution is 2.22. The third-order valence-electron chi connectivity index (χ3n) is 4.92. The largest absolute Gasteiger partial charge is 0.496 e. The highest BCUT2D eigenvalue weighted by atomic mass is 16.5. The van der Waals surface area contributed by atoms with Gasteiger partial charge >= 0.3 is 0 Å². The summed E-state index contributed by atoms with van der Waals surface area (Å²) in [4.78, 5) is 32.9. The van der Waals surface area contributed by atoms with Crippen molar-refractivity contribution in [1.82, 2.24) is 14.8 Å². The van der Waals surface area contributed by atoms with E-state index in [-0.39, 0.29) is 11.8 Å². The van der Waals surface area contributed by atoms with Crippen molar-refractivity contribution < 1.29 is 14.3 Å². The van der Waals surface area contributed by atoms with E-state index in [0.29, 0.717) is 26.1 Å². The number of methoxy groups -OCH3 is 1. The van der Waals surface area contributed by atoms with Gasteiger partial charge in [0.1, 0.15) is 11.8 Å². The SMILES string of the molecule is COc1ccccc1CN(Cc1ccncc1)C(=O)[C@H](C)N1CCCC1=O. The van der Waals surface area contributed by atoms with Gasteiger partial charge in [-0.1, -0.05) is 18.2 Å². The molecular formula is C21H25N3O3. The first-order valence-corrected chi connectivity index (χ1v) is 9.19. The van der Waals surface area contributed by atoms with Crippen molar-refractivity contribution in [3.05, 3.63) is 59.9 Å². The number of benzene rings is 1. The Morgan fingerprint density at radius 3 is 2.63 bits per heavy atom. The average molecular weight is 367 g/mol. The second-order valence-corrected chi connectivity index (χ2v) is 6.73. The molecule has 142 valence electrons. The van der Waals surface area contributed by atoms with E-state index in [0.717, 1.165) is 23.3 Å². The van der Waals surface area contributed by atoms with Crippen molar-refractivity contribution in [2.45, 2.75) is 38.9 Å². The summed E-state index contributed by atoms with van der Waals surface area (Å²) in [6, 6.07) is 11.0. The number of rotatable bonds is 7. The van der Waals surface area contributed by atoms with Crippen LogP contribution in [0.2, 0.25) is 0 Å². The molecule has 0 bridgehead atoms. The second-order valence-electron chi connectivity index (χ2n) is 6.73. The predicted molar refractivity (Wildman–Crippen MR) is 102 cm³/mol. The van der Waals surface area contributed by atoms with Gasteiger partial charge in [-0.25, -0.2) is 0 Å². The van der Waals surface area contributed by atoms with Crippen molar-refractivity contribution in [3.8, 4) is 5.75 Å². The fourth-order valence-corrected chi connectivity index (χ4v) is 3.44. The summed E-state index contributed by atoms with van der Waals surface area (Å²) in [6.45, 7) is 3.32. The molecule has 1 aromatic heterocycles. The van der Waals surface area contributed by atoms with Crippen molar-refractivity contribution >= 4 is 11.8 Å². The van der Waals surface area contributed by atoms with E-state index in [4.69, 9.17) is 4.74 Å². The zero-order chi connectivity index (χ0) is 19.2. The minimum atomic E-state index is -0.475. The van der Waals surface area contributed by atoms with Gasteiger partial charge < -0.3 is 14.5 Å². The predicted octanol–water partition coefficient (Wildman–Crippen LogP) is 2.63. The van der Waals surface area contributed by atoms with Gasteiger partial charge in [0.25, 0.3) is 0 Å². The minimum Gasteiger partial charge on any atom is -0.496 e. The fraction of sp³-hybridized carbons (Fsp3) is 0.381. The number of likely N-dealkylation sites (tertiary alicyclic amines) is 1. The Morgan fingerprint density at radius 2 is 1.96 bits per heavy atom. The second kappa shape index (κ2) is 8.66. The monoisotopic (exact) mass is 367 g/mol. The van der Waals surface area contributed by atoms with Crippen LogP contribution < -0.4 is 4.74 Å². The van der Waals surface area contributed by atoms with E-state index in [2.05, 4.69) is 4.98 Å². The molecule has 0 aliphatic carbocycles. The van der Waals surface area contributed by atoms with Crippen LogP contribution in [0.1, 0.15) is 30.9 Å². The number of amides is 2. The van der Waals surface area contributed by atoms with E-state index in [1.165, 1.54) is 0 Å². The number of ether oxygens (including phenoxy) is 1. The Balaban J connectivity index is 1.84. The van der Waals surface area contributed by atoms with Gasteiger partial charge in [0, 0.05) is 44.0 Å². The Labute approximate surface area is 159 Å². The van der Waals surface area contributed by atoms with E-state index >= 15 is 0 Å². The van der Waals surface area contributed by atoms with Crippen molar-refractivity contribution in [2.75, 3.05) is 13.7 Å². The van der Waals surface area contributed by atoms with Crippen LogP contribution in [-0.4, -0.2) is 46.3 Å². The van der Waals surface area contributed by atoms with Crippen molar-refractivity contribution in [3.63, 3.8) is 0 Å². The number of carbonyl (C=O) groups excluding carboxylic acids is 2. The summed E-state index contributed by atoms with van der Waals surface area (Å²) in [5.74, 6) is 0.736. The molecule has 0 radical (unpaired) electrons. The molecule has 1 aliphatic rings. The lowest BCUT2D eigenvalue weighted by molar-refractivity contribution is -0.143. The summed E-state index contributed by atoms with van der Waals surface area (Å²) < 4.78 is 5.44. The molecule has 27 heavy (non-hydrogen) atoms. The lowest BCUT2D eigenvalue weighted by Crippen LogP contribution is -2.47. The van der Waals surface area contributed by atoms with Crippen LogP contribution in [0.4, 0.5) is 0 Å². The smallest absolute Gasteiger partial charge is 0.245 e. The minimum absolute atomic E-state index is 0.0528. The number of para-hydroxylation sites is 1. The van der Waals surface area contributed by atoms with Gasteiger partial charge in [0.15, 0.2) is 0 Å². The quantitative estimate of drug-likeness (QED) is 0.755. The molecule has 2 amide bonds. The van der Waals surface area contributed by atoms with Crippen LogP contribution in [0.5, 0.6) is 5.75 Å². The zero-order valence-electron chi connectivity index (χ0n) is 15.8. The molecular weight excluding hydrogens is 342 g/mol. The van der Waals surface area contributed by atoms with Crippen LogP contribution >= 0.6 is 0 Å². The first-order chi connectivity index (χ1) is 13.1. The molecule has 2 aromatic rings. The average Bonchev–Trinajstić information content (AvgIpc) is 3.13. The Morgan fingerprint density at radius 1 is 1.22 bits per heavy atom. The first kappa shape index (κ1) is 18.9. The third-order valence-corrected chi connectivity index (χ3v) is 4.92. The van der Waals surface area contributed by atoms with Crippen molar-refractivity contribution in [1.29, 1.82) is 0 Å². The summed E-state index contributed by atoms with van der Waals surface area (Å²) in [5, 5.41) is 0. The number of carbonyl (C=O) groups is 2. The summed E-state index contributed by atoms with van der Waals surface area (Å²) in [5.41, 5.74) is 1.93. The Kier molecular flexibility index (Phi) is 6.06. The molecule has 1 saturated heterocycles. The maximum absolute atomic E-state index is 13.3. The number of pyridine rings is 1. The molecule has 1 aromatic carbocycles. The van der Waals surface area contributed by atoms with Gasteiger partial charge in [0.05, 0.1) is 7.11 Å². The highest BCUT2D eigenvalue weighted by Gasteiger charge is 2.32. The molecule has 2 heterocycles. The topological polar surface area (TPSA) is 62.7 Å². The van der Waals surface area contributed by atoms with E-state index in [9.17, 15) is 9.59 Å². The zero-order valence-corrected chi connectivity index (χ0v) is 15.8. The molecule has 3 rings (SSSR count). The van der Waals surface area contributed by atoms with Gasteiger partial charge in [-0.05, 0) is 37.1 Å². The van der Waals surface area contributed by atoms with Crippen LogP contribution in [0.15, 0.2) is 48.8 Å².